The van der Waals surface area contributed by atoms with Gasteiger partial charge in [0.15, 0.2) is 5.60 Å². The lowest BCUT2D eigenvalue weighted by Gasteiger charge is -2.37. The van der Waals surface area contributed by atoms with Gasteiger partial charge in [-0.3, -0.25) is 4.79 Å². The number of rotatable bonds is 7. The van der Waals surface area contributed by atoms with Crippen molar-refractivity contribution in [3.05, 3.63) is 42.7 Å². The Morgan fingerprint density at radius 1 is 1.21 bits per heavy atom. The Bertz CT molecular complexity index is 774. The van der Waals surface area contributed by atoms with Crippen LogP contribution in [0.3, 0.4) is 0 Å². The summed E-state index contributed by atoms with van der Waals surface area (Å²) in [6.07, 6.45) is 3.19. The van der Waals surface area contributed by atoms with Crippen molar-refractivity contribution in [1.29, 1.82) is 0 Å². The normalized spacial score (nSPS) is 15.2. The van der Waals surface area contributed by atoms with E-state index in [9.17, 15) is 4.79 Å². The highest BCUT2D eigenvalue weighted by atomic mass is 16.5. The zero-order chi connectivity index (χ0) is 20.0. The monoisotopic (exact) mass is 384 g/mol. The van der Waals surface area contributed by atoms with E-state index in [2.05, 4.69) is 15.3 Å². The van der Waals surface area contributed by atoms with E-state index in [0.717, 1.165) is 18.7 Å². The van der Waals surface area contributed by atoms with Crippen LogP contribution < -0.4 is 14.8 Å². The zero-order valence-electron chi connectivity index (χ0n) is 16.7. The molecular formula is C21H28N4O3. The minimum Gasteiger partial charge on any atom is -0.478 e. The van der Waals surface area contributed by atoms with E-state index in [1.54, 1.807) is 6.07 Å². The van der Waals surface area contributed by atoms with Gasteiger partial charge in [-0.1, -0.05) is 18.2 Å². The highest BCUT2D eigenvalue weighted by Gasteiger charge is 2.36. The second-order valence-corrected chi connectivity index (χ2v) is 7.31. The number of anilines is 1. The highest BCUT2D eigenvalue weighted by Crippen LogP contribution is 2.23. The summed E-state index contributed by atoms with van der Waals surface area (Å²) in [4.78, 5) is 23.2. The van der Waals surface area contributed by atoms with E-state index in [0.29, 0.717) is 31.3 Å². The number of carbonyl (C=O) groups is 1. The van der Waals surface area contributed by atoms with E-state index in [1.807, 2.05) is 56.0 Å². The van der Waals surface area contributed by atoms with Crippen molar-refractivity contribution >= 4 is 11.7 Å². The van der Waals surface area contributed by atoms with Crippen LogP contribution in [0.5, 0.6) is 11.6 Å². The van der Waals surface area contributed by atoms with Crippen LogP contribution in [0, 0.1) is 0 Å². The molecule has 0 unspecified atom stereocenters. The number of nitrogens with zero attached hydrogens (tertiary/aromatic N) is 3. The Hall–Kier alpha value is -2.83. The Morgan fingerprint density at radius 3 is 2.61 bits per heavy atom. The van der Waals surface area contributed by atoms with E-state index >= 15 is 0 Å². The number of carbonyl (C=O) groups excluding carboxylic acids is 1. The summed E-state index contributed by atoms with van der Waals surface area (Å²) in [5, 5.41) is 3.42. The molecule has 1 fully saturated rings. The Balaban J connectivity index is 1.53. The summed E-state index contributed by atoms with van der Waals surface area (Å²) in [6.45, 7) is 7.50. The fraction of sp³-hybridized carbons (Fsp3) is 0.476. The number of hydrogen-bond donors (Lipinski definition) is 1. The molecule has 7 nitrogen and oxygen atoms in total. The number of benzene rings is 1. The summed E-state index contributed by atoms with van der Waals surface area (Å²) in [7, 11) is 0. The molecule has 1 saturated heterocycles. The first-order valence-electron chi connectivity index (χ1n) is 9.73. The highest BCUT2D eigenvalue weighted by molar-refractivity contribution is 5.85. The zero-order valence-corrected chi connectivity index (χ0v) is 16.7. The fourth-order valence-electron chi connectivity index (χ4n) is 3.29. The lowest BCUT2D eigenvalue weighted by atomic mass is 10.0. The number of piperidine rings is 1. The molecule has 1 aromatic carbocycles. The molecule has 2 heterocycles. The molecule has 1 amide bonds. The Labute approximate surface area is 166 Å². The molecule has 7 heteroatoms. The average Bonchev–Trinajstić information content (AvgIpc) is 2.69. The maximum Gasteiger partial charge on any atom is 0.266 e. The minimum atomic E-state index is -0.902. The molecule has 0 saturated carbocycles. The van der Waals surface area contributed by atoms with Crippen LogP contribution in [0.4, 0.5) is 5.82 Å². The van der Waals surface area contributed by atoms with Crippen LogP contribution in [-0.2, 0) is 4.79 Å². The molecule has 1 aliphatic heterocycles. The predicted octanol–water partition coefficient (Wildman–Crippen LogP) is 3.14. The van der Waals surface area contributed by atoms with Gasteiger partial charge in [-0.05, 0) is 45.7 Å². The van der Waals surface area contributed by atoms with E-state index in [4.69, 9.17) is 9.47 Å². The van der Waals surface area contributed by atoms with Crippen molar-refractivity contribution in [3.8, 4) is 11.6 Å². The SMILES string of the molecule is CCOc1cc(NC2CCN(C(=O)C(C)(C)Oc3ccccc3)CC2)ncn1. The van der Waals surface area contributed by atoms with Gasteiger partial charge in [0.1, 0.15) is 17.9 Å². The van der Waals surface area contributed by atoms with Crippen molar-refractivity contribution < 1.29 is 14.3 Å². The molecule has 0 bridgehead atoms. The fourth-order valence-corrected chi connectivity index (χ4v) is 3.29. The van der Waals surface area contributed by atoms with Gasteiger partial charge in [0.2, 0.25) is 5.88 Å². The number of ether oxygens (including phenoxy) is 2. The molecule has 0 radical (unpaired) electrons. The first-order valence-corrected chi connectivity index (χ1v) is 9.73. The minimum absolute atomic E-state index is 0.00970. The number of para-hydroxylation sites is 1. The molecule has 1 aliphatic rings. The lowest BCUT2D eigenvalue weighted by molar-refractivity contribution is -0.146. The van der Waals surface area contributed by atoms with Gasteiger partial charge in [-0.25, -0.2) is 9.97 Å². The smallest absolute Gasteiger partial charge is 0.266 e. The predicted molar refractivity (Wildman–Crippen MR) is 108 cm³/mol. The number of hydrogen-bond acceptors (Lipinski definition) is 6. The maximum atomic E-state index is 12.9. The summed E-state index contributed by atoms with van der Waals surface area (Å²) >= 11 is 0. The largest absolute Gasteiger partial charge is 0.478 e. The average molecular weight is 384 g/mol. The second kappa shape index (κ2) is 8.91. The van der Waals surface area contributed by atoms with Gasteiger partial charge >= 0.3 is 0 Å². The Kier molecular flexibility index (Phi) is 6.34. The van der Waals surface area contributed by atoms with Crippen molar-refractivity contribution in [2.45, 2.75) is 45.3 Å². The quantitative estimate of drug-likeness (QED) is 0.790. The van der Waals surface area contributed by atoms with Gasteiger partial charge in [-0.15, -0.1) is 0 Å². The Morgan fingerprint density at radius 2 is 1.93 bits per heavy atom. The number of likely N-dealkylation sites (tertiary alicyclic amines) is 1. The lowest BCUT2D eigenvalue weighted by Crippen LogP contribution is -2.52. The van der Waals surface area contributed by atoms with E-state index in [-0.39, 0.29) is 11.9 Å². The molecular weight excluding hydrogens is 356 g/mol. The standard InChI is InChI=1S/C21H28N4O3/c1-4-27-19-14-18(22-15-23-19)24-16-10-12-25(13-11-16)20(26)21(2,3)28-17-8-6-5-7-9-17/h5-9,14-16H,4,10-13H2,1-3H3,(H,22,23,24). The number of nitrogens with one attached hydrogen (secondary N) is 1. The third kappa shape index (κ3) is 5.12. The number of amides is 1. The third-order valence-corrected chi connectivity index (χ3v) is 4.70. The molecule has 0 aliphatic carbocycles. The summed E-state index contributed by atoms with van der Waals surface area (Å²) in [5.41, 5.74) is -0.902. The first-order chi connectivity index (χ1) is 13.5. The third-order valence-electron chi connectivity index (χ3n) is 4.70. The van der Waals surface area contributed by atoms with Crippen LogP contribution >= 0.6 is 0 Å². The van der Waals surface area contributed by atoms with Crippen LogP contribution in [0.1, 0.15) is 33.6 Å². The van der Waals surface area contributed by atoms with Crippen LogP contribution in [0.25, 0.3) is 0 Å². The van der Waals surface area contributed by atoms with Crippen molar-refractivity contribution in [3.63, 3.8) is 0 Å². The molecule has 1 N–H and O–H groups in total. The topological polar surface area (TPSA) is 76.6 Å². The van der Waals surface area contributed by atoms with Gasteiger partial charge in [-0.2, -0.15) is 0 Å². The summed E-state index contributed by atoms with van der Waals surface area (Å²) in [6, 6.07) is 11.5. The molecule has 3 rings (SSSR count). The van der Waals surface area contributed by atoms with Gasteiger partial charge in [0.05, 0.1) is 6.61 Å². The number of aromatic nitrogens is 2. The maximum absolute atomic E-state index is 12.9. The van der Waals surface area contributed by atoms with Crippen LogP contribution in [-0.4, -0.2) is 52.1 Å². The van der Waals surface area contributed by atoms with Gasteiger partial charge in [0, 0.05) is 25.2 Å². The summed E-state index contributed by atoms with van der Waals surface area (Å²) in [5.74, 6) is 2.02. The molecule has 0 spiro atoms. The van der Waals surface area contributed by atoms with E-state index in [1.165, 1.54) is 6.33 Å². The first kappa shape index (κ1) is 19.9. The van der Waals surface area contributed by atoms with E-state index < -0.39 is 5.60 Å². The second-order valence-electron chi connectivity index (χ2n) is 7.31. The van der Waals surface area contributed by atoms with Gasteiger partial charge < -0.3 is 19.7 Å². The van der Waals surface area contributed by atoms with Crippen molar-refractivity contribution in [2.24, 2.45) is 0 Å². The van der Waals surface area contributed by atoms with Crippen LogP contribution in [0.2, 0.25) is 0 Å². The van der Waals surface area contributed by atoms with Crippen LogP contribution in [0.15, 0.2) is 42.7 Å². The summed E-state index contributed by atoms with van der Waals surface area (Å²) < 4.78 is 11.4. The van der Waals surface area contributed by atoms with Crippen molar-refractivity contribution in [1.82, 2.24) is 14.9 Å². The van der Waals surface area contributed by atoms with Crippen molar-refractivity contribution in [2.75, 3.05) is 25.0 Å². The molecule has 28 heavy (non-hydrogen) atoms. The van der Waals surface area contributed by atoms with Gasteiger partial charge in [0.25, 0.3) is 5.91 Å². The molecule has 150 valence electrons. The molecule has 2 aromatic rings. The molecule has 0 atom stereocenters. The molecule has 1 aromatic heterocycles.